The van der Waals surface area contributed by atoms with Gasteiger partial charge in [0.05, 0.1) is 21.9 Å². The molecule has 0 saturated carbocycles. The van der Waals surface area contributed by atoms with Crippen molar-refractivity contribution < 1.29 is 18.9 Å². The van der Waals surface area contributed by atoms with Gasteiger partial charge in [-0.2, -0.15) is 0 Å². The third-order valence-electron chi connectivity index (χ3n) is 6.29. The van der Waals surface area contributed by atoms with Crippen LogP contribution in [0.25, 0.3) is 10.9 Å². The van der Waals surface area contributed by atoms with Gasteiger partial charge in [-0.1, -0.05) is 24.3 Å². The largest absolute Gasteiger partial charge is 0.361 e. The highest BCUT2D eigenvalue weighted by molar-refractivity contribution is 5.98. The predicted octanol–water partition coefficient (Wildman–Crippen LogP) is 2.98. The predicted molar refractivity (Wildman–Crippen MR) is 117 cm³/mol. The molecule has 1 saturated heterocycles. The van der Waals surface area contributed by atoms with E-state index in [4.69, 9.17) is 0 Å². The first-order chi connectivity index (χ1) is 15.2. The number of H-pyrrole nitrogens is 1. The van der Waals surface area contributed by atoms with Crippen molar-refractivity contribution in [2.75, 3.05) is 14.1 Å². The van der Waals surface area contributed by atoms with Crippen molar-refractivity contribution in [1.82, 2.24) is 14.8 Å². The van der Waals surface area contributed by atoms with Gasteiger partial charge < -0.3 is 14.8 Å². The summed E-state index contributed by atoms with van der Waals surface area (Å²) in [4.78, 5) is 43.0. The molecule has 9 heteroatoms. The van der Waals surface area contributed by atoms with Crippen LogP contribution in [-0.4, -0.2) is 57.7 Å². The number of aromatic amines is 1. The number of aryl methyl sites for hydroxylation is 1. The summed E-state index contributed by atoms with van der Waals surface area (Å²) >= 11 is 0. The fourth-order valence-electron chi connectivity index (χ4n) is 4.40. The van der Waals surface area contributed by atoms with Crippen molar-refractivity contribution in [3.63, 3.8) is 0 Å². The van der Waals surface area contributed by atoms with E-state index in [1.165, 1.54) is 22.1 Å². The number of nitrogens with zero attached hydrogens (tertiary/aromatic N) is 3. The van der Waals surface area contributed by atoms with E-state index in [1.807, 2.05) is 31.2 Å². The first-order valence-corrected chi connectivity index (χ1v) is 10.2. The Labute approximate surface area is 183 Å². The SMILES string of the molecule is Cc1ccccc1C[C@H]1C(=O)N(C)[C@@H](Cc2c[nH]c3cc(F)cc([N+](=O)[O-])c23)C(=O)N1C. The average molecular weight is 438 g/mol. The Morgan fingerprint density at radius 3 is 2.22 bits per heavy atom. The highest BCUT2D eigenvalue weighted by Crippen LogP contribution is 2.32. The van der Waals surface area contributed by atoms with Gasteiger partial charge in [-0.05, 0) is 29.7 Å². The summed E-state index contributed by atoms with van der Waals surface area (Å²) in [5.41, 5.74) is 2.42. The molecule has 0 radical (unpaired) electrons. The van der Waals surface area contributed by atoms with Crippen LogP contribution in [0.3, 0.4) is 0 Å². The molecule has 2 aromatic carbocycles. The second-order valence-corrected chi connectivity index (χ2v) is 8.18. The number of nitro groups is 1. The maximum absolute atomic E-state index is 13.8. The molecule has 0 aliphatic carbocycles. The molecule has 0 unspecified atom stereocenters. The van der Waals surface area contributed by atoms with Gasteiger partial charge in [-0.25, -0.2) is 4.39 Å². The first-order valence-electron chi connectivity index (χ1n) is 10.2. The number of carbonyl (C=O) groups excluding carboxylic acids is 2. The van der Waals surface area contributed by atoms with Crippen LogP contribution in [-0.2, 0) is 22.4 Å². The topological polar surface area (TPSA) is 99.5 Å². The van der Waals surface area contributed by atoms with E-state index in [0.717, 1.165) is 17.2 Å². The molecule has 1 aromatic heterocycles. The third kappa shape index (κ3) is 3.59. The fraction of sp³-hybridized carbons (Fsp3) is 0.304. The molecule has 3 aromatic rings. The fourth-order valence-corrected chi connectivity index (χ4v) is 4.40. The van der Waals surface area contributed by atoms with Gasteiger partial charge in [-0.15, -0.1) is 0 Å². The molecule has 1 aliphatic rings. The first kappa shape index (κ1) is 21.5. The molecule has 32 heavy (non-hydrogen) atoms. The van der Waals surface area contributed by atoms with Gasteiger partial charge in [0.15, 0.2) is 0 Å². The Hall–Kier alpha value is -3.75. The van der Waals surface area contributed by atoms with Gasteiger partial charge in [-0.3, -0.25) is 19.7 Å². The van der Waals surface area contributed by atoms with Crippen LogP contribution in [0.4, 0.5) is 10.1 Å². The number of likely N-dealkylation sites (N-methyl/N-ethyl adjacent to an activating group) is 2. The number of nitro benzene ring substituents is 1. The Morgan fingerprint density at radius 2 is 1.62 bits per heavy atom. The number of halogens is 1. The van der Waals surface area contributed by atoms with Gasteiger partial charge in [0.25, 0.3) is 5.69 Å². The van der Waals surface area contributed by atoms with Gasteiger partial charge in [0, 0.05) is 33.1 Å². The van der Waals surface area contributed by atoms with Crippen LogP contribution < -0.4 is 0 Å². The summed E-state index contributed by atoms with van der Waals surface area (Å²) < 4.78 is 13.8. The minimum atomic E-state index is -0.815. The maximum atomic E-state index is 13.8. The number of amides is 2. The molecular weight excluding hydrogens is 415 g/mol. The molecule has 1 N–H and O–H groups in total. The molecule has 0 bridgehead atoms. The Morgan fingerprint density at radius 1 is 1.03 bits per heavy atom. The molecule has 2 heterocycles. The normalized spacial score (nSPS) is 19.1. The van der Waals surface area contributed by atoms with Crippen LogP contribution in [0.5, 0.6) is 0 Å². The zero-order valence-corrected chi connectivity index (χ0v) is 18.0. The lowest BCUT2D eigenvalue weighted by Gasteiger charge is -2.42. The van der Waals surface area contributed by atoms with E-state index < -0.39 is 22.8 Å². The van der Waals surface area contributed by atoms with E-state index in [9.17, 15) is 24.1 Å². The van der Waals surface area contributed by atoms with Crippen LogP contribution in [0, 0.1) is 22.9 Å². The number of piperazine rings is 1. The van der Waals surface area contributed by atoms with Crippen LogP contribution in [0.15, 0.2) is 42.6 Å². The van der Waals surface area contributed by atoms with E-state index in [1.54, 1.807) is 14.1 Å². The van der Waals surface area contributed by atoms with E-state index in [-0.39, 0.29) is 34.8 Å². The summed E-state index contributed by atoms with van der Waals surface area (Å²) in [6, 6.07) is 8.32. The molecule has 166 valence electrons. The number of rotatable bonds is 5. The van der Waals surface area contributed by atoms with Crippen molar-refractivity contribution in [3.05, 3.63) is 75.2 Å². The molecule has 4 rings (SSSR count). The number of hydrogen-bond donors (Lipinski definition) is 1. The number of non-ortho nitro benzene ring substituents is 1. The number of carbonyl (C=O) groups is 2. The minimum Gasteiger partial charge on any atom is -0.361 e. The van der Waals surface area contributed by atoms with Gasteiger partial charge in [0.2, 0.25) is 11.8 Å². The Balaban J connectivity index is 1.64. The highest BCUT2D eigenvalue weighted by Gasteiger charge is 2.43. The number of benzene rings is 2. The quantitative estimate of drug-likeness (QED) is 0.489. The summed E-state index contributed by atoms with van der Waals surface area (Å²) in [5.74, 6) is -1.16. The molecule has 2 atom stereocenters. The number of nitrogens with one attached hydrogen (secondary N) is 1. The average Bonchev–Trinajstić information content (AvgIpc) is 3.15. The summed E-state index contributed by atoms with van der Waals surface area (Å²) in [7, 11) is 3.18. The maximum Gasteiger partial charge on any atom is 0.281 e. The lowest BCUT2D eigenvalue weighted by Crippen LogP contribution is -2.63. The zero-order chi connectivity index (χ0) is 23.2. The van der Waals surface area contributed by atoms with Crippen molar-refractivity contribution >= 4 is 28.4 Å². The molecule has 2 amide bonds. The smallest absolute Gasteiger partial charge is 0.281 e. The molecular formula is C23H23FN4O4. The Bertz CT molecular complexity index is 1240. The van der Waals surface area contributed by atoms with Crippen LogP contribution in [0.2, 0.25) is 0 Å². The molecule has 8 nitrogen and oxygen atoms in total. The van der Waals surface area contributed by atoms with Gasteiger partial charge in [0.1, 0.15) is 17.9 Å². The molecule has 1 fully saturated rings. The van der Waals surface area contributed by atoms with E-state index in [2.05, 4.69) is 4.98 Å². The number of hydrogen-bond acceptors (Lipinski definition) is 4. The zero-order valence-electron chi connectivity index (χ0n) is 18.0. The number of fused-ring (bicyclic) bond motifs is 1. The Kier molecular flexibility index (Phi) is 5.41. The lowest BCUT2D eigenvalue weighted by atomic mass is 9.94. The lowest BCUT2D eigenvalue weighted by molar-refractivity contribution is -0.383. The summed E-state index contributed by atoms with van der Waals surface area (Å²) in [6.45, 7) is 1.96. The van der Waals surface area contributed by atoms with Gasteiger partial charge >= 0.3 is 0 Å². The molecule has 1 aliphatic heterocycles. The highest BCUT2D eigenvalue weighted by atomic mass is 19.1. The van der Waals surface area contributed by atoms with Crippen molar-refractivity contribution in [1.29, 1.82) is 0 Å². The minimum absolute atomic E-state index is 0.0783. The van der Waals surface area contributed by atoms with Crippen molar-refractivity contribution in [3.8, 4) is 0 Å². The van der Waals surface area contributed by atoms with Crippen LogP contribution >= 0.6 is 0 Å². The standard InChI is InChI=1S/C23H23FN4O4/c1-13-6-4-5-7-14(13)8-19-22(29)27(3)20(23(30)26(19)2)9-15-12-25-17-10-16(24)11-18(21(15)17)28(31)32/h4-7,10-12,19-20,25H,8-9H2,1-3H3/t19-,20-/m0/s1. The van der Waals surface area contributed by atoms with E-state index in [0.29, 0.717) is 12.0 Å². The van der Waals surface area contributed by atoms with E-state index >= 15 is 0 Å². The summed E-state index contributed by atoms with van der Waals surface area (Å²) in [6.07, 6.45) is 2.01. The summed E-state index contributed by atoms with van der Waals surface area (Å²) in [5, 5.41) is 11.7. The second-order valence-electron chi connectivity index (χ2n) is 8.18. The third-order valence-corrected chi connectivity index (χ3v) is 6.29. The second kappa shape index (κ2) is 8.07. The monoisotopic (exact) mass is 438 g/mol. The number of aromatic nitrogens is 1. The van der Waals surface area contributed by atoms with Crippen LogP contribution in [0.1, 0.15) is 16.7 Å². The molecule has 0 spiro atoms. The van der Waals surface area contributed by atoms with Crippen molar-refractivity contribution in [2.24, 2.45) is 0 Å². The van der Waals surface area contributed by atoms with Crippen molar-refractivity contribution in [2.45, 2.75) is 31.8 Å².